The molecule has 0 aliphatic rings. The molecule has 0 unspecified atom stereocenters. The van der Waals surface area contributed by atoms with E-state index in [1.165, 1.54) is 6.07 Å². The molecule has 2 rings (SSSR count). The van der Waals surface area contributed by atoms with Crippen molar-refractivity contribution >= 4 is 21.5 Å². The van der Waals surface area contributed by atoms with E-state index in [1.807, 2.05) is 0 Å². The molecule has 0 aliphatic carbocycles. The van der Waals surface area contributed by atoms with Gasteiger partial charge in [-0.1, -0.05) is 42.5 Å². The van der Waals surface area contributed by atoms with Crippen molar-refractivity contribution < 1.29 is 17.2 Å². The first kappa shape index (κ1) is 12.0. The number of alkyl halides is 2. The molecule has 90 valence electrons. The van der Waals surface area contributed by atoms with Gasteiger partial charge >= 0.3 is 5.25 Å². The smallest absolute Gasteiger partial charge is 0.226 e. The summed E-state index contributed by atoms with van der Waals surface area (Å²) >= 11 is 0. The summed E-state index contributed by atoms with van der Waals surface area (Å²) in [5.41, 5.74) is 0.340. The quantitative estimate of drug-likeness (QED) is 0.856. The monoisotopic (exact) mass is 256 g/mol. The number of fused-ring (bicyclic) bond motifs is 1. The van der Waals surface area contributed by atoms with Gasteiger partial charge < -0.3 is 0 Å². The van der Waals surface area contributed by atoms with Crippen LogP contribution < -0.4 is 0 Å². The molecule has 0 saturated carbocycles. The molecule has 17 heavy (non-hydrogen) atoms. The minimum Gasteiger partial charge on any atom is -0.226 e. The molecule has 0 fully saturated rings. The van der Waals surface area contributed by atoms with E-state index in [-0.39, 0.29) is 0 Å². The first-order chi connectivity index (χ1) is 8.00. The van der Waals surface area contributed by atoms with Crippen molar-refractivity contribution in [1.82, 2.24) is 0 Å². The molecule has 0 aliphatic heterocycles. The Bertz CT molecular complexity index is 607. The summed E-state index contributed by atoms with van der Waals surface area (Å²) in [6, 6.07) is 12.0. The fraction of sp³-hybridized carbons (Fsp3) is 0.167. The Kier molecular flexibility index (Phi) is 3.11. The fourth-order valence-corrected chi connectivity index (χ4v) is 2.04. The highest BCUT2D eigenvalue weighted by molar-refractivity contribution is 7.73. The average Bonchev–Trinajstić information content (AvgIpc) is 2.29. The van der Waals surface area contributed by atoms with Gasteiger partial charge in [0.1, 0.15) is 0 Å². The maximum atomic E-state index is 13.2. The maximum absolute atomic E-state index is 13.2. The fourth-order valence-electron chi connectivity index (χ4n) is 1.74. The lowest BCUT2D eigenvalue weighted by molar-refractivity contribution is 0.0974. The zero-order chi connectivity index (χ0) is 12.5. The van der Waals surface area contributed by atoms with Crippen LogP contribution in [0, 0.1) is 0 Å². The molecule has 0 bridgehead atoms. The van der Waals surface area contributed by atoms with Crippen molar-refractivity contribution in [2.24, 2.45) is 0 Å². The average molecular weight is 256 g/mol. The Labute approximate surface area is 98.8 Å². The van der Waals surface area contributed by atoms with Crippen molar-refractivity contribution in [2.45, 2.75) is 11.7 Å². The van der Waals surface area contributed by atoms with Crippen LogP contribution in [0.25, 0.3) is 10.8 Å². The topological polar surface area (TPSA) is 34.1 Å². The zero-order valence-corrected chi connectivity index (χ0v) is 9.66. The van der Waals surface area contributed by atoms with E-state index in [9.17, 15) is 17.2 Å². The highest BCUT2D eigenvalue weighted by Crippen LogP contribution is 2.26. The molecule has 0 heterocycles. The van der Waals surface area contributed by atoms with Crippen LogP contribution in [-0.2, 0) is 17.1 Å². The van der Waals surface area contributed by atoms with E-state index in [0.29, 0.717) is 10.9 Å². The van der Waals surface area contributed by atoms with E-state index < -0.39 is 22.4 Å². The van der Waals surface area contributed by atoms with Crippen LogP contribution in [-0.4, -0.2) is 13.7 Å². The van der Waals surface area contributed by atoms with Gasteiger partial charge in [0.2, 0.25) is 10.7 Å². The lowest BCUT2D eigenvalue weighted by Gasteiger charge is -2.11. The lowest BCUT2D eigenvalue weighted by Crippen LogP contribution is -2.21. The third-order valence-corrected chi connectivity index (χ3v) is 3.24. The van der Waals surface area contributed by atoms with E-state index in [1.54, 1.807) is 36.4 Å². The van der Waals surface area contributed by atoms with Crippen molar-refractivity contribution in [3.8, 4) is 0 Å². The Morgan fingerprint density at radius 3 is 2.35 bits per heavy atom. The van der Waals surface area contributed by atoms with Crippen molar-refractivity contribution in [3.63, 3.8) is 0 Å². The van der Waals surface area contributed by atoms with Gasteiger partial charge in [-0.15, -0.1) is 0 Å². The molecule has 0 N–H and O–H groups in total. The summed E-state index contributed by atoms with van der Waals surface area (Å²) in [6.07, 6.45) is -0.785. The summed E-state index contributed by atoms with van der Waals surface area (Å²) in [5.74, 6) is 0. The van der Waals surface area contributed by atoms with Gasteiger partial charge in [0.25, 0.3) is 0 Å². The minimum atomic E-state index is -3.76. The van der Waals surface area contributed by atoms with Crippen LogP contribution >= 0.6 is 0 Å². The SMILES string of the molecule is O=[SH](=O)C(F)(F)Cc1cccc2ccccc12. The third kappa shape index (κ3) is 2.44. The molecule has 0 saturated heterocycles. The molecule has 2 aromatic carbocycles. The number of halogens is 2. The summed E-state index contributed by atoms with van der Waals surface area (Å²) in [4.78, 5) is 0. The number of benzene rings is 2. The molecule has 5 heteroatoms. The van der Waals surface area contributed by atoms with Gasteiger partial charge in [-0.25, -0.2) is 8.42 Å². The second kappa shape index (κ2) is 4.41. The summed E-state index contributed by atoms with van der Waals surface area (Å²) in [7, 11) is -3.76. The van der Waals surface area contributed by atoms with Gasteiger partial charge in [0.15, 0.2) is 0 Å². The van der Waals surface area contributed by atoms with Gasteiger partial charge in [0, 0.05) is 0 Å². The Morgan fingerprint density at radius 2 is 1.65 bits per heavy atom. The standard InChI is InChI=1S/C12H10F2O2S/c13-12(14,17(15)16)8-10-6-3-5-9-4-1-2-7-11(9)10/h1-7,17H,8H2. The van der Waals surface area contributed by atoms with E-state index in [4.69, 9.17) is 0 Å². The van der Waals surface area contributed by atoms with E-state index in [2.05, 4.69) is 0 Å². The molecule has 0 radical (unpaired) electrons. The minimum absolute atomic E-state index is 0.340. The van der Waals surface area contributed by atoms with Crippen molar-refractivity contribution in [2.75, 3.05) is 0 Å². The highest BCUT2D eigenvalue weighted by atomic mass is 32.2. The maximum Gasteiger partial charge on any atom is 0.347 e. The molecule has 2 nitrogen and oxygen atoms in total. The molecule has 0 atom stereocenters. The van der Waals surface area contributed by atoms with Gasteiger partial charge in [0.05, 0.1) is 6.42 Å². The number of hydrogen-bond donors (Lipinski definition) is 1. The predicted octanol–water partition coefficient (Wildman–Crippen LogP) is 2.59. The normalized spacial score (nSPS) is 12.2. The van der Waals surface area contributed by atoms with Crippen LogP contribution in [0.2, 0.25) is 0 Å². The van der Waals surface area contributed by atoms with E-state index in [0.717, 1.165) is 5.39 Å². The zero-order valence-electron chi connectivity index (χ0n) is 8.77. The number of thiol groups is 1. The van der Waals surface area contributed by atoms with Crippen molar-refractivity contribution in [3.05, 3.63) is 48.0 Å². The van der Waals surface area contributed by atoms with Gasteiger partial charge in [-0.3, -0.25) is 0 Å². The molecular formula is C12H10F2O2S. The molecule has 0 aromatic heterocycles. The second-order valence-corrected chi connectivity index (χ2v) is 4.91. The van der Waals surface area contributed by atoms with E-state index >= 15 is 0 Å². The number of hydrogen-bond acceptors (Lipinski definition) is 2. The first-order valence-corrected chi connectivity index (χ1v) is 6.17. The Balaban J connectivity index is 2.50. The lowest BCUT2D eigenvalue weighted by atomic mass is 10.0. The van der Waals surface area contributed by atoms with Crippen molar-refractivity contribution in [1.29, 1.82) is 0 Å². The number of rotatable bonds is 3. The Hall–Kier alpha value is -1.49. The first-order valence-electron chi connectivity index (χ1n) is 5.00. The van der Waals surface area contributed by atoms with Crippen LogP contribution in [0.5, 0.6) is 0 Å². The second-order valence-electron chi connectivity index (χ2n) is 3.74. The summed E-state index contributed by atoms with van der Waals surface area (Å²) in [6.45, 7) is 0. The predicted molar refractivity (Wildman–Crippen MR) is 62.9 cm³/mol. The summed E-state index contributed by atoms with van der Waals surface area (Å²) in [5, 5.41) is -2.21. The van der Waals surface area contributed by atoms with Crippen LogP contribution in [0.3, 0.4) is 0 Å². The summed E-state index contributed by atoms with van der Waals surface area (Å²) < 4.78 is 47.2. The molecule has 0 spiro atoms. The van der Waals surface area contributed by atoms with Crippen LogP contribution in [0.15, 0.2) is 42.5 Å². The van der Waals surface area contributed by atoms with Gasteiger partial charge in [-0.2, -0.15) is 8.78 Å². The third-order valence-electron chi connectivity index (χ3n) is 2.55. The Morgan fingerprint density at radius 1 is 1.00 bits per heavy atom. The van der Waals surface area contributed by atoms with Gasteiger partial charge in [-0.05, 0) is 16.3 Å². The highest BCUT2D eigenvalue weighted by Gasteiger charge is 2.33. The molecular weight excluding hydrogens is 246 g/mol. The molecule has 2 aromatic rings. The largest absolute Gasteiger partial charge is 0.347 e. The van der Waals surface area contributed by atoms with Crippen LogP contribution in [0.4, 0.5) is 8.78 Å². The molecule has 0 amide bonds. The van der Waals surface area contributed by atoms with Crippen LogP contribution in [0.1, 0.15) is 5.56 Å².